The summed E-state index contributed by atoms with van der Waals surface area (Å²) in [6.07, 6.45) is 4.72. The van der Waals surface area contributed by atoms with Crippen molar-refractivity contribution in [2.45, 2.75) is 59.2 Å². The molecule has 2 heterocycles. The first-order chi connectivity index (χ1) is 12.7. The smallest absolute Gasteiger partial charge is 0.194 e. The van der Waals surface area contributed by atoms with Crippen molar-refractivity contribution in [2.75, 3.05) is 13.6 Å². The monoisotopic (exact) mass is 482 g/mol. The average molecular weight is 482 g/mol. The Labute approximate surface area is 179 Å². The zero-order valence-corrected chi connectivity index (χ0v) is 18.9. The van der Waals surface area contributed by atoms with Crippen molar-refractivity contribution in [2.24, 2.45) is 4.99 Å². The van der Waals surface area contributed by atoms with Gasteiger partial charge in [0.1, 0.15) is 12.4 Å². The van der Waals surface area contributed by atoms with E-state index >= 15 is 0 Å². The molecule has 6 nitrogen and oxygen atoms in total. The quantitative estimate of drug-likeness (QED) is 0.403. The molecule has 1 N–H and O–H groups in total. The Morgan fingerprint density at radius 1 is 1.22 bits per heavy atom. The minimum atomic E-state index is 0. The molecule has 0 saturated carbocycles. The van der Waals surface area contributed by atoms with E-state index in [-0.39, 0.29) is 24.0 Å². The number of fused-ring (bicyclic) bond motifs is 1. The van der Waals surface area contributed by atoms with Crippen molar-refractivity contribution in [3.05, 3.63) is 47.0 Å². The van der Waals surface area contributed by atoms with Crippen LogP contribution in [0.2, 0.25) is 0 Å². The Bertz CT molecular complexity index is 755. The molecule has 1 aliphatic rings. The summed E-state index contributed by atoms with van der Waals surface area (Å²) in [6.45, 7) is 7.50. The number of hydrogen-bond donors (Lipinski definition) is 1. The van der Waals surface area contributed by atoms with Crippen molar-refractivity contribution < 1.29 is 0 Å². The van der Waals surface area contributed by atoms with Gasteiger partial charge in [0.15, 0.2) is 11.8 Å². The first-order valence-corrected chi connectivity index (χ1v) is 9.64. The highest BCUT2D eigenvalue weighted by molar-refractivity contribution is 14.0. The maximum Gasteiger partial charge on any atom is 0.194 e. The largest absolute Gasteiger partial charge is 0.357 e. The number of nitrogens with zero attached hydrogens (tertiary/aromatic N) is 5. The van der Waals surface area contributed by atoms with E-state index in [0.29, 0.717) is 6.54 Å². The van der Waals surface area contributed by atoms with Crippen molar-refractivity contribution in [3.63, 3.8) is 0 Å². The van der Waals surface area contributed by atoms with Crippen LogP contribution in [0, 0.1) is 6.92 Å². The Kier molecular flexibility index (Phi) is 8.53. The van der Waals surface area contributed by atoms with E-state index in [9.17, 15) is 0 Å². The standard InChI is InChI=1S/C20H30N6.HI/c1-4-21-20(25(3)15-17-11-8-7-10-16(17)2)22-14-19-24-23-18-12-6-5-9-13-26(18)19;/h7-8,10-11H,4-6,9,12-15H2,1-3H3,(H,21,22);1H. The molecule has 148 valence electrons. The van der Waals surface area contributed by atoms with E-state index in [1.165, 1.54) is 30.4 Å². The van der Waals surface area contributed by atoms with Gasteiger partial charge in [-0.05, 0) is 37.8 Å². The molecule has 0 atom stereocenters. The molecule has 2 aromatic rings. The van der Waals surface area contributed by atoms with Gasteiger partial charge in [-0.1, -0.05) is 30.7 Å². The molecule has 1 aliphatic heterocycles. The second-order valence-corrected chi connectivity index (χ2v) is 6.95. The number of hydrogen-bond acceptors (Lipinski definition) is 3. The second kappa shape index (κ2) is 10.6. The lowest BCUT2D eigenvalue weighted by molar-refractivity contribution is 0.474. The van der Waals surface area contributed by atoms with Gasteiger partial charge in [-0.25, -0.2) is 4.99 Å². The Hall–Kier alpha value is -1.64. The number of aryl methyl sites for hydroxylation is 2. The first kappa shape index (κ1) is 21.7. The molecule has 7 heteroatoms. The molecule has 1 aromatic carbocycles. The number of rotatable bonds is 5. The van der Waals surface area contributed by atoms with Crippen LogP contribution in [0.15, 0.2) is 29.3 Å². The van der Waals surface area contributed by atoms with E-state index in [1.54, 1.807) is 0 Å². The Morgan fingerprint density at radius 3 is 2.81 bits per heavy atom. The summed E-state index contributed by atoms with van der Waals surface area (Å²) >= 11 is 0. The van der Waals surface area contributed by atoms with Gasteiger partial charge in [-0.3, -0.25) is 0 Å². The van der Waals surface area contributed by atoms with Crippen LogP contribution in [-0.2, 0) is 26.1 Å². The van der Waals surface area contributed by atoms with E-state index in [0.717, 1.165) is 43.7 Å². The zero-order valence-electron chi connectivity index (χ0n) is 16.6. The number of aliphatic imine (C=N–C) groups is 1. The third-order valence-electron chi connectivity index (χ3n) is 4.92. The van der Waals surface area contributed by atoms with Crippen LogP contribution in [0.3, 0.4) is 0 Å². The predicted molar refractivity (Wildman–Crippen MR) is 120 cm³/mol. The van der Waals surface area contributed by atoms with Crippen LogP contribution in [0.1, 0.15) is 49.0 Å². The van der Waals surface area contributed by atoms with Crippen molar-refractivity contribution >= 4 is 29.9 Å². The average Bonchev–Trinajstić information content (AvgIpc) is 2.87. The molecule has 0 amide bonds. The molecule has 1 aromatic heterocycles. The van der Waals surface area contributed by atoms with Crippen LogP contribution < -0.4 is 5.32 Å². The summed E-state index contributed by atoms with van der Waals surface area (Å²) in [5, 5.41) is 12.2. The fourth-order valence-corrected chi connectivity index (χ4v) is 3.40. The summed E-state index contributed by atoms with van der Waals surface area (Å²) in [4.78, 5) is 7.00. The number of nitrogens with one attached hydrogen (secondary N) is 1. The number of halogens is 1. The molecule has 0 spiro atoms. The SMILES string of the molecule is CCNC(=NCc1nnc2n1CCCCC2)N(C)Cc1ccccc1C.I. The van der Waals surface area contributed by atoms with E-state index < -0.39 is 0 Å². The summed E-state index contributed by atoms with van der Waals surface area (Å²) in [5.74, 6) is 2.99. The summed E-state index contributed by atoms with van der Waals surface area (Å²) in [6, 6.07) is 8.49. The molecule has 0 aliphatic carbocycles. The summed E-state index contributed by atoms with van der Waals surface area (Å²) < 4.78 is 2.27. The van der Waals surface area contributed by atoms with Gasteiger partial charge >= 0.3 is 0 Å². The third-order valence-corrected chi connectivity index (χ3v) is 4.92. The maximum absolute atomic E-state index is 4.83. The van der Waals surface area contributed by atoms with Crippen molar-refractivity contribution in [1.29, 1.82) is 0 Å². The summed E-state index contributed by atoms with van der Waals surface area (Å²) in [5.41, 5.74) is 2.62. The number of guanidine groups is 1. The lowest BCUT2D eigenvalue weighted by atomic mass is 10.1. The minimum absolute atomic E-state index is 0. The van der Waals surface area contributed by atoms with Gasteiger partial charge in [-0.2, -0.15) is 0 Å². The van der Waals surface area contributed by atoms with E-state index in [4.69, 9.17) is 4.99 Å². The molecule has 0 bridgehead atoms. The van der Waals surface area contributed by atoms with Gasteiger partial charge in [0.05, 0.1) is 0 Å². The van der Waals surface area contributed by atoms with Crippen molar-refractivity contribution in [3.8, 4) is 0 Å². The van der Waals surface area contributed by atoms with Gasteiger partial charge in [-0.15, -0.1) is 34.2 Å². The van der Waals surface area contributed by atoms with E-state index in [1.807, 2.05) is 0 Å². The highest BCUT2D eigenvalue weighted by Gasteiger charge is 2.15. The number of benzene rings is 1. The molecular weight excluding hydrogens is 451 g/mol. The molecule has 27 heavy (non-hydrogen) atoms. The highest BCUT2D eigenvalue weighted by atomic mass is 127. The maximum atomic E-state index is 4.83. The first-order valence-electron chi connectivity index (χ1n) is 9.64. The lowest BCUT2D eigenvalue weighted by Crippen LogP contribution is -2.38. The van der Waals surface area contributed by atoms with Crippen LogP contribution in [-0.4, -0.2) is 39.2 Å². The van der Waals surface area contributed by atoms with Crippen LogP contribution in [0.25, 0.3) is 0 Å². The summed E-state index contributed by atoms with van der Waals surface area (Å²) in [7, 11) is 2.08. The molecule has 3 rings (SSSR count). The molecule has 0 radical (unpaired) electrons. The molecule has 0 saturated heterocycles. The fourth-order valence-electron chi connectivity index (χ4n) is 3.40. The van der Waals surface area contributed by atoms with E-state index in [2.05, 4.69) is 70.1 Å². The van der Waals surface area contributed by atoms with Crippen LogP contribution >= 0.6 is 24.0 Å². The predicted octanol–water partition coefficient (Wildman–Crippen LogP) is 3.53. The normalized spacial score (nSPS) is 14.1. The topological polar surface area (TPSA) is 58.3 Å². The third kappa shape index (κ3) is 5.67. The Balaban J connectivity index is 0.00000261. The molecule has 0 fully saturated rings. The van der Waals surface area contributed by atoms with Crippen LogP contribution in [0.4, 0.5) is 0 Å². The zero-order chi connectivity index (χ0) is 18.4. The second-order valence-electron chi connectivity index (χ2n) is 6.95. The van der Waals surface area contributed by atoms with Gasteiger partial charge in [0.2, 0.25) is 0 Å². The van der Waals surface area contributed by atoms with Crippen molar-refractivity contribution in [1.82, 2.24) is 25.0 Å². The lowest BCUT2D eigenvalue weighted by Gasteiger charge is -2.23. The Morgan fingerprint density at radius 2 is 2.04 bits per heavy atom. The molecular formula is C20H31IN6. The minimum Gasteiger partial charge on any atom is -0.357 e. The van der Waals surface area contributed by atoms with Crippen LogP contribution in [0.5, 0.6) is 0 Å². The molecule has 0 unspecified atom stereocenters. The van der Waals surface area contributed by atoms with Gasteiger partial charge in [0, 0.05) is 33.1 Å². The number of aromatic nitrogens is 3. The van der Waals surface area contributed by atoms with Gasteiger partial charge < -0.3 is 14.8 Å². The van der Waals surface area contributed by atoms with Gasteiger partial charge in [0.25, 0.3) is 0 Å². The highest BCUT2D eigenvalue weighted by Crippen LogP contribution is 2.15. The fraction of sp³-hybridized carbons (Fsp3) is 0.550.